The van der Waals surface area contributed by atoms with Crippen LogP contribution in [0.1, 0.15) is 19.3 Å². The third-order valence-corrected chi connectivity index (χ3v) is 2.09. The number of Topliss-reactive ketones (excluding diaryl/α,β-unsaturated/α-hetero) is 1. The van der Waals surface area contributed by atoms with E-state index in [1.54, 1.807) is 0 Å². The fourth-order valence-electron chi connectivity index (χ4n) is 1.60. The summed E-state index contributed by atoms with van der Waals surface area (Å²) in [5, 5.41) is 0. The Morgan fingerprint density at radius 2 is 2.30 bits per heavy atom. The second kappa shape index (κ2) is 3.15. The molecule has 0 aliphatic heterocycles. The van der Waals surface area contributed by atoms with Gasteiger partial charge in [0.2, 0.25) is 0 Å². The van der Waals surface area contributed by atoms with E-state index in [0.29, 0.717) is 11.7 Å². The predicted molar refractivity (Wildman–Crippen MR) is 40.0 cm³/mol. The Morgan fingerprint density at radius 3 is 2.70 bits per heavy atom. The fraction of sp³-hybridized carbons (Fsp3) is 0.875. The maximum Gasteiger partial charge on any atom is 0.141 e. The summed E-state index contributed by atoms with van der Waals surface area (Å²) in [4.78, 5) is 12.5. The van der Waals surface area contributed by atoms with Crippen molar-refractivity contribution < 1.29 is 9.69 Å². The van der Waals surface area contributed by atoms with Crippen LogP contribution in [0, 0.1) is 5.92 Å². The molecule has 0 saturated heterocycles. The molecule has 58 valence electrons. The van der Waals surface area contributed by atoms with Crippen LogP contribution in [0.5, 0.6) is 0 Å². The maximum absolute atomic E-state index is 11.1. The SMILES string of the molecule is C[NH+](C)CC1CCCC1=O. The summed E-state index contributed by atoms with van der Waals surface area (Å²) in [5.41, 5.74) is 0. The van der Waals surface area contributed by atoms with E-state index in [1.807, 2.05) is 0 Å². The van der Waals surface area contributed by atoms with E-state index in [1.165, 1.54) is 4.90 Å². The number of nitrogens with one attached hydrogen (secondary N) is 1. The van der Waals surface area contributed by atoms with Gasteiger partial charge in [0.15, 0.2) is 0 Å². The van der Waals surface area contributed by atoms with Gasteiger partial charge in [0.05, 0.1) is 26.6 Å². The van der Waals surface area contributed by atoms with E-state index in [4.69, 9.17) is 0 Å². The van der Waals surface area contributed by atoms with Gasteiger partial charge < -0.3 is 4.90 Å². The van der Waals surface area contributed by atoms with E-state index >= 15 is 0 Å². The molecule has 1 rings (SSSR count). The van der Waals surface area contributed by atoms with Gasteiger partial charge in [0, 0.05) is 6.42 Å². The number of hydrogen-bond donors (Lipinski definition) is 1. The molecule has 2 heteroatoms. The largest absolute Gasteiger partial charge is 0.339 e. The van der Waals surface area contributed by atoms with Crippen molar-refractivity contribution in [1.29, 1.82) is 0 Å². The summed E-state index contributed by atoms with van der Waals surface area (Å²) in [6, 6.07) is 0. The molecule has 1 atom stereocenters. The molecule has 1 saturated carbocycles. The molecule has 0 bridgehead atoms. The van der Waals surface area contributed by atoms with Crippen molar-refractivity contribution in [2.45, 2.75) is 19.3 Å². The Bertz CT molecular complexity index is 131. The molecule has 0 heterocycles. The molecular formula is C8H16NO+. The minimum Gasteiger partial charge on any atom is -0.339 e. The standard InChI is InChI=1S/C8H15NO/c1-9(2)6-7-4-3-5-8(7)10/h7H,3-6H2,1-2H3/p+1. The second-order valence-corrected chi connectivity index (χ2v) is 3.47. The number of carbonyl (C=O) groups excluding carboxylic acids is 1. The zero-order chi connectivity index (χ0) is 7.56. The van der Waals surface area contributed by atoms with Crippen molar-refractivity contribution in [3.63, 3.8) is 0 Å². The lowest BCUT2D eigenvalue weighted by atomic mass is 10.1. The number of rotatable bonds is 2. The molecule has 1 fully saturated rings. The van der Waals surface area contributed by atoms with Gasteiger partial charge in [-0.05, 0) is 12.8 Å². The number of quaternary nitrogens is 1. The van der Waals surface area contributed by atoms with Crippen LogP contribution >= 0.6 is 0 Å². The highest BCUT2D eigenvalue weighted by molar-refractivity contribution is 5.82. The van der Waals surface area contributed by atoms with Gasteiger partial charge >= 0.3 is 0 Å². The van der Waals surface area contributed by atoms with E-state index in [-0.39, 0.29) is 0 Å². The molecule has 10 heavy (non-hydrogen) atoms. The molecule has 0 aromatic heterocycles. The summed E-state index contributed by atoms with van der Waals surface area (Å²) in [6.45, 7) is 1.03. The lowest BCUT2D eigenvalue weighted by Crippen LogP contribution is -3.06. The van der Waals surface area contributed by atoms with E-state index in [2.05, 4.69) is 14.1 Å². The number of ketones is 1. The molecule has 0 radical (unpaired) electrons. The number of hydrogen-bond acceptors (Lipinski definition) is 1. The van der Waals surface area contributed by atoms with Crippen molar-refractivity contribution in [3.8, 4) is 0 Å². The highest BCUT2D eigenvalue weighted by Gasteiger charge is 2.26. The van der Waals surface area contributed by atoms with Crippen molar-refractivity contribution in [2.24, 2.45) is 5.92 Å². The molecule has 1 unspecified atom stereocenters. The first-order valence-corrected chi connectivity index (χ1v) is 4.02. The topological polar surface area (TPSA) is 21.5 Å². The minimum atomic E-state index is 0.380. The van der Waals surface area contributed by atoms with Crippen LogP contribution in [-0.4, -0.2) is 26.4 Å². The van der Waals surface area contributed by atoms with Gasteiger partial charge in [-0.2, -0.15) is 0 Å². The quantitative estimate of drug-likeness (QED) is 0.551. The third-order valence-electron chi connectivity index (χ3n) is 2.09. The zero-order valence-corrected chi connectivity index (χ0v) is 6.81. The summed E-state index contributed by atoms with van der Waals surface area (Å²) >= 11 is 0. The molecule has 0 amide bonds. The van der Waals surface area contributed by atoms with E-state index in [9.17, 15) is 4.79 Å². The Kier molecular flexibility index (Phi) is 2.44. The molecule has 0 aromatic rings. The summed E-state index contributed by atoms with van der Waals surface area (Å²) in [6.07, 6.45) is 3.08. The van der Waals surface area contributed by atoms with E-state index < -0.39 is 0 Å². The van der Waals surface area contributed by atoms with Crippen LogP contribution < -0.4 is 4.90 Å². The van der Waals surface area contributed by atoms with E-state index in [0.717, 1.165) is 25.8 Å². The Morgan fingerprint density at radius 1 is 1.60 bits per heavy atom. The highest BCUT2D eigenvalue weighted by Crippen LogP contribution is 2.19. The van der Waals surface area contributed by atoms with Gasteiger partial charge in [-0.1, -0.05) is 0 Å². The molecule has 1 aliphatic carbocycles. The molecule has 0 aromatic carbocycles. The van der Waals surface area contributed by atoms with Crippen LogP contribution in [-0.2, 0) is 4.79 Å². The average Bonchev–Trinajstić information content (AvgIpc) is 2.15. The van der Waals surface area contributed by atoms with Crippen molar-refractivity contribution in [3.05, 3.63) is 0 Å². The lowest BCUT2D eigenvalue weighted by Gasteiger charge is -2.10. The molecule has 0 spiro atoms. The van der Waals surface area contributed by atoms with Gasteiger partial charge in [-0.25, -0.2) is 0 Å². The Labute approximate surface area is 62.2 Å². The Hall–Kier alpha value is -0.370. The van der Waals surface area contributed by atoms with Crippen LogP contribution in [0.2, 0.25) is 0 Å². The summed E-state index contributed by atoms with van der Waals surface area (Å²) in [7, 11) is 4.21. The van der Waals surface area contributed by atoms with Gasteiger partial charge in [-0.15, -0.1) is 0 Å². The monoisotopic (exact) mass is 142 g/mol. The fourth-order valence-corrected chi connectivity index (χ4v) is 1.60. The zero-order valence-electron chi connectivity index (χ0n) is 6.81. The van der Waals surface area contributed by atoms with Crippen LogP contribution in [0.3, 0.4) is 0 Å². The summed E-state index contributed by atoms with van der Waals surface area (Å²) < 4.78 is 0. The average molecular weight is 142 g/mol. The van der Waals surface area contributed by atoms with Crippen LogP contribution in [0.15, 0.2) is 0 Å². The summed E-state index contributed by atoms with van der Waals surface area (Å²) in [5.74, 6) is 0.867. The van der Waals surface area contributed by atoms with Crippen molar-refractivity contribution in [2.75, 3.05) is 20.6 Å². The van der Waals surface area contributed by atoms with Crippen molar-refractivity contribution in [1.82, 2.24) is 0 Å². The molecule has 1 aliphatic rings. The van der Waals surface area contributed by atoms with Gasteiger partial charge in [-0.3, -0.25) is 4.79 Å². The normalized spacial score (nSPS) is 26.3. The first-order chi connectivity index (χ1) is 4.70. The van der Waals surface area contributed by atoms with Gasteiger partial charge in [0.1, 0.15) is 5.78 Å². The minimum absolute atomic E-state index is 0.380. The first-order valence-electron chi connectivity index (χ1n) is 4.02. The molecule has 2 nitrogen and oxygen atoms in total. The first kappa shape index (κ1) is 7.73. The Balaban J connectivity index is 2.33. The van der Waals surface area contributed by atoms with Gasteiger partial charge in [0.25, 0.3) is 0 Å². The third kappa shape index (κ3) is 1.81. The van der Waals surface area contributed by atoms with Crippen LogP contribution in [0.4, 0.5) is 0 Å². The maximum atomic E-state index is 11.1. The predicted octanol–water partition coefficient (Wildman–Crippen LogP) is -0.500. The van der Waals surface area contributed by atoms with Crippen molar-refractivity contribution >= 4 is 5.78 Å². The molecule has 1 N–H and O–H groups in total. The van der Waals surface area contributed by atoms with Crippen LogP contribution in [0.25, 0.3) is 0 Å². The second-order valence-electron chi connectivity index (χ2n) is 3.47. The molecular weight excluding hydrogens is 126 g/mol. The number of carbonyl (C=O) groups is 1. The highest BCUT2D eigenvalue weighted by atomic mass is 16.1. The lowest BCUT2D eigenvalue weighted by molar-refractivity contribution is -0.860. The smallest absolute Gasteiger partial charge is 0.141 e.